The maximum atomic E-state index is 14.0. The van der Waals surface area contributed by atoms with Gasteiger partial charge in [-0.05, 0) is 18.7 Å². The smallest absolute Gasteiger partial charge is 0.303 e. The van der Waals surface area contributed by atoms with Crippen molar-refractivity contribution in [1.82, 2.24) is 0 Å². The van der Waals surface area contributed by atoms with Crippen LogP contribution >= 0.6 is 11.8 Å². The van der Waals surface area contributed by atoms with E-state index in [0.29, 0.717) is 16.2 Å². The van der Waals surface area contributed by atoms with Gasteiger partial charge in [0.1, 0.15) is 5.82 Å². The average Bonchev–Trinajstić information content (AvgIpc) is 2.43. The highest BCUT2D eigenvalue weighted by Gasteiger charge is 2.23. The lowest BCUT2D eigenvalue weighted by atomic mass is 10.0. The molecule has 1 unspecified atom stereocenters. The summed E-state index contributed by atoms with van der Waals surface area (Å²) in [7, 11) is 2.86. The lowest BCUT2D eigenvalue weighted by molar-refractivity contribution is -0.137. The quantitative estimate of drug-likeness (QED) is 0.753. The van der Waals surface area contributed by atoms with Crippen molar-refractivity contribution in [3.8, 4) is 11.5 Å². The minimum Gasteiger partial charge on any atom is -0.492 e. The Labute approximate surface area is 121 Å². The molecule has 0 bridgehead atoms. The number of ether oxygens (including phenoxy) is 2. The third-order valence-corrected chi connectivity index (χ3v) is 3.64. The highest BCUT2D eigenvalue weighted by atomic mass is 32.2. The first-order valence-corrected chi connectivity index (χ1v) is 7.14. The predicted octanol–water partition coefficient (Wildman–Crippen LogP) is 2.43. The average molecular weight is 303 g/mol. The third kappa shape index (κ3) is 3.55. The van der Waals surface area contributed by atoms with Crippen LogP contribution in [0.2, 0.25) is 0 Å². The number of hydrogen-bond acceptors (Lipinski definition) is 5. The van der Waals surface area contributed by atoms with Gasteiger partial charge in [0.2, 0.25) is 0 Å². The lowest BCUT2D eigenvalue weighted by Crippen LogP contribution is -2.14. The van der Waals surface area contributed by atoms with E-state index in [1.54, 1.807) is 6.26 Å². The van der Waals surface area contributed by atoms with E-state index < -0.39 is 17.8 Å². The van der Waals surface area contributed by atoms with Crippen LogP contribution in [0, 0.1) is 5.82 Å². The van der Waals surface area contributed by atoms with Crippen LogP contribution in [0.5, 0.6) is 11.5 Å². The molecular weight excluding hydrogens is 285 g/mol. The van der Waals surface area contributed by atoms with Crippen LogP contribution < -0.4 is 15.2 Å². The number of rotatable bonds is 7. The Balaban J connectivity index is 3.25. The number of methoxy groups -OCH3 is 2. The number of hydrogen-bond donors (Lipinski definition) is 2. The number of carbonyl (C=O) groups is 1. The van der Waals surface area contributed by atoms with Gasteiger partial charge in [-0.15, -0.1) is 11.8 Å². The van der Waals surface area contributed by atoms with Crippen LogP contribution in [0.4, 0.5) is 4.39 Å². The maximum absolute atomic E-state index is 14.0. The van der Waals surface area contributed by atoms with Crippen molar-refractivity contribution in [2.45, 2.75) is 23.8 Å². The zero-order valence-electron chi connectivity index (χ0n) is 11.6. The van der Waals surface area contributed by atoms with Gasteiger partial charge in [-0.25, -0.2) is 4.39 Å². The van der Waals surface area contributed by atoms with Gasteiger partial charge in [-0.3, -0.25) is 4.79 Å². The van der Waals surface area contributed by atoms with Gasteiger partial charge in [-0.2, -0.15) is 0 Å². The van der Waals surface area contributed by atoms with Gasteiger partial charge >= 0.3 is 5.97 Å². The molecule has 7 heteroatoms. The summed E-state index contributed by atoms with van der Waals surface area (Å²) in [4.78, 5) is 10.9. The van der Waals surface area contributed by atoms with Gasteiger partial charge in [-0.1, -0.05) is 0 Å². The van der Waals surface area contributed by atoms with Crippen LogP contribution in [0.25, 0.3) is 0 Å². The molecule has 0 fully saturated rings. The zero-order chi connectivity index (χ0) is 15.3. The molecular formula is C13H18FNO4S. The largest absolute Gasteiger partial charge is 0.492 e. The minimum atomic E-state index is -0.951. The molecule has 0 spiro atoms. The monoisotopic (exact) mass is 303 g/mol. The third-order valence-electron chi connectivity index (χ3n) is 2.85. The van der Waals surface area contributed by atoms with Crippen molar-refractivity contribution < 1.29 is 23.8 Å². The van der Waals surface area contributed by atoms with Crippen molar-refractivity contribution in [2.75, 3.05) is 20.5 Å². The zero-order valence-corrected chi connectivity index (χ0v) is 12.4. The molecule has 0 saturated heterocycles. The molecule has 1 aromatic carbocycles. The van der Waals surface area contributed by atoms with E-state index in [1.165, 1.54) is 32.0 Å². The Morgan fingerprint density at radius 3 is 2.50 bits per heavy atom. The molecule has 20 heavy (non-hydrogen) atoms. The summed E-state index contributed by atoms with van der Waals surface area (Å²) < 4.78 is 24.5. The number of nitrogens with two attached hydrogens (primary N) is 1. The van der Waals surface area contributed by atoms with E-state index in [2.05, 4.69) is 0 Å². The normalized spacial score (nSPS) is 12.1. The Morgan fingerprint density at radius 2 is 2.05 bits per heavy atom. The minimum absolute atomic E-state index is 0.0987. The van der Waals surface area contributed by atoms with Crippen LogP contribution in [-0.2, 0) is 4.79 Å². The summed E-state index contributed by atoms with van der Waals surface area (Å²) >= 11 is 1.20. The van der Waals surface area contributed by atoms with E-state index in [4.69, 9.17) is 20.3 Å². The van der Waals surface area contributed by atoms with Gasteiger partial charge in [0.15, 0.2) is 11.5 Å². The molecule has 1 atom stereocenters. The van der Waals surface area contributed by atoms with Crippen molar-refractivity contribution in [2.24, 2.45) is 5.73 Å². The van der Waals surface area contributed by atoms with E-state index >= 15 is 0 Å². The van der Waals surface area contributed by atoms with Gasteiger partial charge in [0, 0.05) is 18.0 Å². The molecule has 0 aliphatic rings. The molecule has 0 aliphatic carbocycles. The summed E-state index contributed by atoms with van der Waals surface area (Å²) in [5, 5.41) is 8.68. The van der Waals surface area contributed by atoms with Crippen LogP contribution in [0.1, 0.15) is 24.4 Å². The molecule has 0 radical (unpaired) electrons. The Morgan fingerprint density at radius 1 is 1.45 bits per heavy atom. The second kappa shape index (κ2) is 7.35. The highest BCUT2D eigenvalue weighted by Crippen LogP contribution is 2.43. The van der Waals surface area contributed by atoms with Gasteiger partial charge in [0.05, 0.1) is 19.1 Å². The fourth-order valence-electron chi connectivity index (χ4n) is 1.91. The molecule has 0 aliphatic heterocycles. The van der Waals surface area contributed by atoms with Crippen LogP contribution in [-0.4, -0.2) is 31.6 Å². The van der Waals surface area contributed by atoms with E-state index in [-0.39, 0.29) is 18.6 Å². The van der Waals surface area contributed by atoms with Crippen LogP contribution in [0.15, 0.2) is 11.0 Å². The first-order chi connectivity index (χ1) is 9.46. The van der Waals surface area contributed by atoms with Crippen LogP contribution in [0.3, 0.4) is 0 Å². The number of halogens is 1. The summed E-state index contributed by atoms with van der Waals surface area (Å²) in [6.45, 7) is 0. The molecule has 0 amide bonds. The summed E-state index contributed by atoms with van der Waals surface area (Å²) in [5.74, 6) is -0.791. The number of carboxylic acids is 1. The second-order valence-corrected chi connectivity index (χ2v) is 4.90. The van der Waals surface area contributed by atoms with Crippen molar-refractivity contribution in [1.29, 1.82) is 0 Å². The molecule has 112 valence electrons. The maximum Gasteiger partial charge on any atom is 0.303 e. The van der Waals surface area contributed by atoms with Gasteiger partial charge < -0.3 is 20.3 Å². The summed E-state index contributed by atoms with van der Waals surface area (Å²) in [5.41, 5.74) is 6.33. The molecule has 0 saturated carbocycles. The second-order valence-electron chi connectivity index (χ2n) is 4.09. The van der Waals surface area contributed by atoms with E-state index in [1.807, 2.05) is 0 Å². The predicted molar refractivity (Wildman–Crippen MR) is 75.1 cm³/mol. The Hall–Kier alpha value is -1.47. The first kappa shape index (κ1) is 16.6. The topological polar surface area (TPSA) is 81.8 Å². The van der Waals surface area contributed by atoms with E-state index in [0.717, 1.165) is 0 Å². The lowest BCUT2D eigenvalue weighted by Gasteiger charge is -2.20. The van der Waals surface area contributed by atoms with E-state index in [9.17, 15) is 9.18 Å². The molecule has 1 aromatic rings. The van der Waals surface area contributed by atoms with Gasteiger partial charge in [0.25, 0.3) is 0 Å². The fourth-order valence-corrected chi connectivity index (χ4v) is 2.52. The highest BCUT2D eigenvalue weighted by molar-refractivity contribution is 7.98. The van der Waals surface area contributed by atoms with Crippen molar-refractivity contribution in [3.63, 3.8) is 0 Å². The first-order valence-electron chi connectivity index (χ1n) is 5.91. The Kier molecular flexibility index (Phi) is 6.09. The number of benzene rings is 1. The molecule has 3 N–H and O–H groups in total. The molecule has 1 rings (SSSR count). The summed E-state index contributed by atoms with van der Waals surface area (Å²) in [6, 6.07) is 0.639. The number of thioether (sulfide) groups is 1. The SMILES string of the molecule is COc1c(C(N)CCC(=O)O)cc(F)c(SC)c1OC. The molecule has 0 heterocycles. The molecule has 0 aromatic heterocycles. The summed E-state index contributed by atoms with van der Waals surface area (Å²) in [6.07, 6.45) is 1.82. The fraction of sp³-hybridized carbons (Fsp3) is 0.462. The number of aliphatic carboxylic acids is 1. The van der Waals surface area contributed by atoms with Crippen molar-refractivity contribution >= 4 is 17.7 Å². The Bertz CT molecular complexity index is 496. The standard InChI is InChI=1S/C13H18FNO4S/c1-18-11-7(9(15)4-5-10(16)17)6-8(14)13(20-3)12(11)19-2/h6,9H,4-5,15H2,1-3H3,(H,16,17). The number of carboxylic acid groups (broad SMARTS) is 1. The van der Waals surface area contributed by atoms with Crippen molar-refractivity contribution in [3.05, 3.63) is 17.4 Å². The molecule has 5 nitrogen and oxygen atoms in total.